The van der Waals surface area contributed by atoms with Gasteiger partial charge in [0.25, 0.3) is 0 Å². The van der Waals surface area contributed by atoms with E-state index in [9.17, 15) is 9.59 Å². The van der Waals surface area contributed by atoms with E-state index in [0.29, 0.717) is 13.1 Å². The molecule has 1 aromatic heterocycles. The molecule has 0 aliphatic carbocycles. The minimum absolute atomic E-state index is 0.119. The van der Waals surface area contributed by atoms with Gasteiger partial charge in [-0.25, -0.2) is 9.78 Å². The fourth-order valence-electron chi connectivity index (χ4n) is 1.86. The van der Waals surface area contributed by atoms with Crippen LogP contribution in [0.1, 0.15) is 26.6 Å². The minimum Gasteiger partial charge on any atom is -0.478 e. The Bertz CT molecular complexity index is 652. The molecule has 0 bridgehead atoms. The summed E-state index contributed by atoms with van der Waals surface area (Å²) >= 11 is 1.51. The SMILES string of the molecule is NCCc1nc(CC(=O)NCc2ccc(C(=O)O)cc2)cs1. The number of nitrogens with zero attached hydrogens (tertiary/aromatic N) is 1. The fraction of sp³-hybridized carbons (Fsp3) is 0.267. The molecular weight excluding hydrogens is 302 g/mol. The van der Waals surface area contributed by atoms with E-state index in [1.807, 2.05) is 5.38 Å². The number of hydrogen-bond acceptors (Lipinski definition) is 5. The molecule has 2 rings (SSSR count). The number of nitrogens with two attached hydrogens (primary N) is 1. The number of amides is 1. The summed E-state index contributed by atoms with van der Waals surface area (Å²) in [5.74, 6) is -1.08. The van der Waals surface area contributed by atoms with Crippen molar-refractivity contribution in [1.29, 1.82) is 0 Å². The number of carbonyl (C=O) groups excluding carboxylic acids is 1. The Morgan fingerprint density at radius 2 is 2.00 bits per heavy atom. The van der Waals surface area contributed by atoms with E-state index in [0.717, 1.165) is 22.7 Å². The first-order valence-electron chi connectivity index (χ1n) is 6.80. The van der Waals surface area contributed by atoms with E-state index in [4.69, 9.17) is 10.8 Å². The zero-order chi connectivity index (χ0) is 15.9. The molecule has 4 N–H and O–H groups in total. The lowest BCUT2D eigenvalue weighted by Crippen LogP contribution is -2.24. The van der Waals surface area contributed by atoms with E-state index in [2.05, 4.69) is 10.3 Å². The van der Waals surface area contributed by atoms with Crippen molar-refractivity contribution in [2.24, 2.45) is 5.73 Å². The summed E-state index contributed by atoms with van der Waals surface area (Å²) in [5.41, 5.74) is 7.28. The predicted molar refractivity (Wildman–Crippen MR) is 83.8 cm³/mol. The third-order valence-corrected chi connectivity index (χ3v) is 3.95. The van der Waals surface area contributed by atoms with Gasteiger partial charge in [-0.2, -0.15) is 0 Å². The summed E-state index contributed by atoms with van der Waals surface area (Å²) in [6, 6.07) is 6.41. The molecule has 0 radical (unpaired) electrons. The number of rotatable bonds is 7. The van der Waals surface area contributed by atoms with Gasteiger partial charge in [-0.3, -0.25) is 4.79 Å². The maximum absolute atomic E-state index is 11.9. The second-order valence-electron chi connectivity index (χ2n) is 4.73. The first kappa shape index (κ1) is 16.1. The highest BCUT2D eigenvalue weighted by molar-refractivity contribution is 7.09. The van der Waals surface area contributed by atoms with Crippen molar-refractivity contribution in [2.75, 3.05) is 6.54 Å². The molecule has 0 aliphatic rings. The molecule has 0 saturated heterocycles. The van der Waals surface area contributed by atoms with Gasteiger partial charge in [-0.05, 0) is 24.2 Å². The van der Waals surface area contributed by atoms with Crippen molar-refractivity contribution in [3.8, 4) is 0 Å². The number of benzene rings is 1. The van der Waals surface area contributed by atoms with E-state index in [1.54, 1.807) is 12.1 Å². The van der Waals surface area contributed by atoms with Gasteiger partial charge in [0, 0.05) is 18.3 Å². The number of carboxylic acids is 1. The number of hydrogen-bond donors (Lipinski definition) is 3. The van der Waals surface area contributed by atoms with Gasteiger partial charge in [0.1, 0.15) is 0 Å². The molecular formula is C15H17N3O3S. The van der Waals surface area contributed by atoms with E-state index in [-0.39, 0.29) is 17.9 Å². The Kier molecular flexibility index (Phi) is 5.62. The Hall–Kier alpha value is -2.25. The number of thiazole rings is 1. The summed E-state index contributed by atoms with van der Waals surface area (Å²) in [5, 5.41) is 14.4. The largest absolute Gasteiger partial charge is 0.478 e. The lowest BCUT2D eigenvalue weighted by molar-refractivity contribution is -0.120. The monoisotopic (exact) mass is 319 g/mol. The number of carboxylic acid groups (broad SMARTS) is 1. The molecule has 0 spiro atoms. The third kappa shape index (κ3) is 4.64. The van der Waals surface area contributed by atoms with Gasteiger partial charge < -0.3 is 16.2 Å². The van der Waals surface area contributed by atoms with Crippen molar-refractivity contribution >= 4 is 23.2 Å². The lowest BCUT2D eigenvalue weighted by atomic mass is 10.1. The lowest BCUT2D eigenvalue weighted by Gasteiger charge is -2.04. The van der Waals surface area contributed by atoms with E-state index >= 15 is 0 Å². The van der Waals surface area contributed by atoms with Crippen molar-refractivity contribution in [3.63, 3.8) is 0 Å². The van der Waals surface area contributed by atoms with E-state index in [1.165, 1.54) is 23.5 Å². The van der Waals surface area contributed by atoms with Gasteiger partial charge in [-0.1, -0.05) is 12.1 Å². The van der Waals surface area contributed by atoms with Crippen LogP contribution < -0.4 is 11.1 Å². The molecule has 1 heterocycles. The number of aromatic nitrogens is 1. The number of carbonyl (C=O) groups is 2. The van der Waals surface area contributed by atoms with Crippen LogP contribution in [0, 0.1) is 0 Å². The first-order valence-corrected chi connectivity index (χ1v) is 7.68. The van der Waals surface area contributed by atoms with Crippen LogP contribution in [0.2, 0.25) is 0 Å². The van der Waals surface area contributed by atoms with Gasteiger partial charge in [-0.15, -0.1) is 11.3 Å². The molecule has 2 aromatic rings. The van der Waals surface area contributed by atoms with Crippen LogP contribution in [0.3, 0.4) is 0 Å². The van der Waals surface area contributed by atoms with Crippen LogP contribution in [0.5, 0.6) is 0 Å². The highest BCUT2D eigenvalue weighted by Gasteiger charge is 2.08. The number of nitrogens with one attached hydrogen (secondary N) is 1. The molecule has 0 aliphatic heterocycles. The molecule has 1 amide bonds. The van der Waals surface area contributed by atoms with Crippen LogP contribution in [-0.2, 0) is 24.2 Å². The topological polar surface area (TPSA) is 105 Å². The number of aromatic carboxylic acids is 1. The average molecular weight is 319 g/mol. The average Bonchev–Trinajstić information content (AvgIpc) is 2.93. The van der Waals surface area contributed by atoms with Crippen LogP contribution in [-0.4, -0.2) is 28.5 Å². The summed E-state index contributed by atoms with van der Waals surface area (Å²) in [6.07, 6.45) is 0.955. The van der Waals surface area contributed by atoms with Gasteiger partial charge in [0.05, 0.1) is 22.7 Å². The van der Waals surface area contributed by atoms with Gasteiger partial charge in [0.15, 0.2) is 0 Å². The van der Waals surface area contributed by atoms with Gasteiger partial charge in [0.2, 0.25) is 5.91 Å². The summed E-state index contributed by atoms with van der Waals surface area (Å²) in [7, 11) is 0. The Labute approximate surface area is 132 Å². The molecule has 0 fully saturated rings. The van der Waals surface area contributed by atoms with Gasteiger partial charge >= 0.3 is 5.97 Å². The molecule has 7 heteroatoms. The highest BCUT2D eigenvalue weighted by Crippen LogP contribution is 2.10. The zero-order valence-electron chi connectivity index (χ0n) is 11.9. The fourth-order valence-corrected chi connectivity index (χ4v) is 2.68. The van der Waals surface area contributed by atoms with Crippen molar-refractivity contribution in [1.82, 2.24) is 10.3 Å². The predicted octanol–water partition coefficient (Wildman–Crippen LogP) is 1.20. The minimum atomic E-state index is -0.965. The standard InChI is InChI=1S/C15H17N3O3S/c16-6-5-14-18-12(9-22-14)7-13(19)17-8-10-1-3-11(4-2-10)15(20)21/h1-4,9H,5-8,16H2,(H,17,19)(H,20,21). The maximum atomic E-state index is 11.9. The molecule has 0 atom stereocenters. The van der Waals surface area contributed by atoms with Crippen LogP contribution in [0.4, 0.5) is 0 Å². The summed E-state index contributed by atoms with van der Waals surface area (Å²) in [6.45, 7) is 0.907. The molecule has 0 saturated carbocycles. The third-order valence-electron chi connectivity index (χ3n) is 2.99. The van der Waals surface area contributed by atoms with Crippen molar-refractivity contribution in [3.05, 3.63) is 51.5 Å². The van der Waals surface area contributed by atoms with Crippen molar-refractivity contribution in [2.45, 2.75) is 19.4 Å². The molecule has 1 aromatic carbocycles. The smallest absolute Gasteiger partial charge is 0.335 e. The molecule has 116 valence electrons. The molecule has 0 unspecified atom stereocenters. The second-order valence-corrected chi connectivity index (χ2v) is 5.67. The Morgan fingerprint density at radius 1 is 1.27 bits per heavy atom. The van der Waals surface area contributed by atoms with Crippen molar-refractivity contribution < 1.29 is 14.7 Å². The second kappa shape index (κ2) is 7.67. The molecule has 22 heavy (non-hydrogen) atoms. The van der Waals surface area contributed by atoms with Crippen LogP contribution in [0.25, 0.3) is 0 Å². The summed E-state index contributed by atoms with van der Waals surface area (Å²) in [4.78, 5) is 26.9. The Morgan fingerprint density at radius 3 is 2.64 bits per heavy atom. The maximum Gasteiger partial charge on any atom is 0.335 e. The Balaban J connectivity index is 1.82. The quantitative estimate of drug-likeness (QED) is 0.711. The highest BCUT2D eigenvalue weighted by atomic mass is 32.1. The zero-order valence-corrected chi connectivity index (χ0v) is 12.7. The van der Waals surface area contributed by atoms with Crippen LogP contribution in [0.15, 0.2) is 29.6 Å². The van der Waals surface area contributed by atoms with Crippen LogP contribution >= 0.6 is 11.3 Å². The molecule has 6 nitrogen and oxygen atoms in total. The normalized spacial score (nSPS) is 10.4. The summed E-state index contributed by atoms with van der Waals surface area (Å²) < 4.78 is 0. The van der Waals surface area contributed by atoms with E-state index < -0.39 is 5.97 Å². The first-order chi connectivity index (χ1) is 10.6.